The molecule has 2 saturated heterocycles. The first-order valence-electron chi connectivity index (χ1n) is 11.7. The first kappa shape index (κ1) is 23.7. The molecule has 180 valence electrons. The highest BCUT2D eigenvalue weighted by molar-refractivity contribution is 9.10. The largest absolute Gasteiger partial charge is 0.449 e. The Morgan fingerprint density at radius 1 is 1.24 bits per heavy atom. The zero-order valence-corrected chi connectivity index (χ0v) is 21.0. The third-order valence-electron chi connectivity index (χ3n) is 6.17. The Balaban J connectivity index is 1.32. The molecule has 2 aromatic rings. The number of aromatic nitrogens is 4. The summed E-state index contributed by atoms with van der Waals surface area (Å²) in [6.07, 6.45) is 8.52. The first-order chi connectivity index (χ1) is 16.0. The van der Waals surface area contributed by atoms with Crippen molar-refractivity contribution in [2.24, 2.45) is 0 Å². The number of rotatable bonds is 8. The third-order valence-corrected chi connectivity index (χ3v) is 6.75. The Hall–Kier alpha value is -2.40. The molecule has 2 aliphatic heterocycles. The maximum atomic E-state index is 11.9. The summed E-state index contributed by atoms with van der Waals surface area (Å²) in [5.41, 5.74) is 1.85. The summed E-state index contributed by atoms with van der Waals surface area (Å²) >= 11 is 3.52. The molecule has 0 aliphatic carbocycles. The van der Waals surface area contributed by atoms with Gasteiger partial charge in [-0.1, -0.05) is 0 Å². The van der Waals surface area contributed by atoms with Crippen molar-refractivity contribution in [2.45, 2.75) is 45.1 Å². The number of likely N-dealkylation sites (tertiary alicyclic amines) is 1. The summed E-state index contributed by atoms with van der Waals surface area (Å²) in [7, 11) is 2.16. The van der Waals surface area contributed by atoms with E-state index in [0.29, 0.717) is 37.5 Å². The standard InChI is InChI=1S/C22H33BrN8O2/c1-16-19(15-31(28-16)17-6-11-29(2)12-7-17)26-21-25-14-18(23)20(27-21)24-8-5-10-30-9-3-4-13-33-22(30)32/h14-15,17H,3-13H2,1-2H3,(H2,24,25,26,27). The second-order valence-corrected chi connectivity index (χ2v) is 9.60. The fourth-order valence-corrected chi connectivity index (χ4v) is 4.48. The molecule has 0 atom stereocenters. The van der Waals surface area contributed by atoms with Gasteiger partial charge in [0.2, 0.25) is 5.95 Å². The summed E-state index contributed by atoms with van der Waals surface area (Å²) in [4.78, 5) is 25.1. The Labute approximate surface area is 203 Å². The number of hydrogen-bond donors (Lipinski definition) is 2. The highest BCUT2D eigenvalue weighted by atomic mass is 79.9. The lowest BCUT2D eigenvalue weighted by molar-refractivity contribution is 0.116. The predicted molar refractivity (Wildman–Crippen MR) is 131 cm³/mol. The number of cyclic esters (lactones) is 1. The highest BCUT2D eigenvalue weighted by Crippen LogP contribution is 2.26. The zero-order valence-electron chi connectivity index (χ0n) is 19.4. The number of piperidine rings is 1. The minimum atomic E-state index is -0.210. The zero-order chi connectivity index (χ0) is 23.2. The summed E-state index contributed by atoms with van der Waals surface area (Å²) < 4.78 is 8.07. The lowest BCUT2D eigenvalue weighted by atomic mass is 10.1. The van der Waals surface area contributed by atoms with Crippen LogP contribution in [0.15, 0.2) is 16.9 Å². The number of carbonyl (C=O) groups is 1. The molecule has 2 fully saturated rings. The van der Waals surface area contributed by atoms with Crippen LogP contribution in [0.3, 0.4) is 0 Å². The molecule has 10 nitrogen and oxygen atoms in total. The molecule has 0 bridgehead atoms. The SMILES string of the molecule is Cc1nn(C2CCN(C)CC2)cc1Nc1ncc(Br)c(NCCCN2CCCCOC2=O)n1. The van der Waals surface area contributed by atoms with Crippen LogP contribution in [0, 0.1) is 6.92 Å². The number of halogens is 1. The topological polar surface area (TPSA) is 100 Å². The summed E-state index contributed by atoms with van der Waals surface area (Å²) in [5.74, 6) is 1.23. The monoisotopic (exact) mass is 520 g/mol. The number of amides is 1. The van der Waals surface area contributed by atoms with Crippen LogP contribution in [0.1, 0.15) is 43.8 Å². The van der Waals surface area contributed by atoms with Crippen LogP contribution < -0.4 is 10.6 Å². The number of aryl methyl sites for hydroxylation is 1. The smallest absolute Gasteiger partial charge is 0.409 e. The van der Waals surface area contributed by atoms with Gasteiger partial charge in [0.25, 0.3) is 0 Å². The number of ether oxygens (including phenoxy) is 1. The lowest BCUT2D eigenvalue weighted by Gasteiger charge is -2.28. The van der Waals surface area contributed by atoms with Gasteiger partial charge in [0, 0.05) is 32.0 Å². The van der Waals surface area contributed by atoms with Crippen LogP contribution in [0.4, 0.5) is 22.2 Å². The lowest BCUT2D eigenvalue weighted by Crippen LogP contribution is -2.32. The van der Waals surface area contributed by atoms with Gasteiger partial charge in [0.15, 0.2) is 0 Å². The van der Waals surface area contributed by atoms with E-state index in [2.05, 4.69) is 59.4 Å². The molecule has 0 aromatic carbocycles. The van der Waals surface area contributed by atoms with E-state index in [9.17, 15) is 4.79 Å². The second-order valence-electron chi connectivity index (χ2n) is 8.75. The van der Waals surface area contributed by atoms with E-state index in [1.807, 2.05) is 6.92 Å². The first-order valence-corrected chi connectivity index (χ1v) is 12.5. The van der Waals surface area contributed by atoms with Crippen molar-refractivity contribution in [1.82, 2.24) is 29.5 Å². The van der Waals surface area contributed by atoms with Crippen molar-refractivity contribution in [1.29, 1.82) is 0 Å². The van der Waals surface area contributed by atoms with E-state index in [0.717, 1.165) is 67.6 Å². The second kappa shape index (κ2) is 11.1. The van der Waals surface area contributed by atoms with E-state index >= 15 is 0 Å². The van der Waals surface area contributed by atoms with Gasteiger partial charge in [0.05, 0.1) is 28.5 Å². The van der Waals surface area contributed by atoms with Gasteiger partial charge in [0.1, 0.15) is 5.82 Å². The van der Waals surface area contributed by atoms with E-state index in [1.54, 1.807) is 11.1 Å². The number of anilines is 3. The molecule has 0 spiro atoms. The van der Waals surface area contributed by atoms with Crippen molar-refractivity contribution < 1.29 is 9.53 Å². The molecule has 1 amide bonds. The van der Waals surface area contributed by atoms with Gasteiger partial charge in [-0.25, -0.2) is 9.78 Å². The molecule has 4 rings (SSSR count). The molecule has 11 heteroatoms. The molecule has 2 aliphatic rings. The van der Waals surface area contributed by atoms with Crippen LogP contribution >= 0.6 is 15.9 Å². The minimum absolute atomic E-state index is 0.210. The van der Waals surface area contributed by atoms with Gasteiger partial charge in [-0.05, 0) is 75.1 Å². The van der Waals surface area contributed by atoms with Crippen molar-refractivity contribution >= 4 is 39.5 Å². The average Bonchev–Trinajstić information content (AvgIpc) is 3.03. The molecule has 0 unspecified atom stereocenters. The molecule has 33 heavy (non-hydrogen) atoms. The van der Waals surface area contributed by atoms with Gasteiger partial charge in [-0.2, -0.15) is 10.1 Å². The Morgan fingerprint density at radius 3 is 2.88 bits per heavy atom. The van der Waals surface area contributed by atoms with E-state index < -0.39 is 0 Å². The molecule has 0 saturated carbocycles. The van der Waals surface area contributed by atoms with E-state index in [-0.39, 0.29) is 6.09 Å². The van der Waals surface area contributed by atoms with Crippen LogP contribution in [0.2, 0.25) is 0 Å². The molecular formula is C22H33BrN8O2. The molecule has 2 aromatic heterocycles. The summed E-state index contributed by atoms with van der Waals surface area (Å²) in [6, 6.07) is 0.431. The van der Waals surface area contributed by atoms with Gasteiger partial charge in [-0.15, -0.1) is 0 Å². The van der Waals surface area contributed by atoms with Crippen molar-refractivity contribution in [3.63, 3.8) is 0 Å². The van der Waals surface area contributed by atoms with Crippen LogP contribution in [0.5, 0.6) is 0 Å². The van der Waals surface area contributed by atoms with Crippen molar-refractivity contribution in [3.8, 4) is 0 Å². The predicted octanol–water partition coefficient (Wildman–Crippen LogP) is 3.79. The minimum Gasteiger partial charge on any atom is -0.449 e. The Kier molecular flexibility index (Phi) is 8.02. The van der Waals surface area contributed by atoms with E-state index in [4.69, 9.17) is 9.84 Å². The normalized spacial score (nSPS) is 18.2. The molecule has 2 N–H and O–H groups in total. The Morgan fingerprint density at radius 2 is 2.06 bits per heavy atom. The fraction of sp³-hybridized carbons (Fsp3) is 0.636. The van der Waals surface area contributed by atoms with Gasteiger partial charge in [-0.3, -0.25) is 4.68 Å². The number of carbonyl (C=O) groups excluding carboxylic acids is 1. The fourth-order valence-electron chi connectivity index (χ4n) is 4.15. The van der Waals surface area contributed by atoms with Gasteiger partial charge >= 0.3 is 6.09 Å². The van der Waals surface area contributed by atoms with Crippen molar-refractivity contribution in [3.05, 3.63) is 22.6 Å². The third kappa shape index (κ3) is 6.35. The maximum Gasteiger partial charge on any atom is 0.409 e. The average molecular weight is 521 g/mol. The number of hydrogen-bond acceptors (Lipinski definition) is 8. The summed E-state index contributed by atoms with van der Waals surface area (Å²) in [6.45, 7) is 6.81. The summed E-state index contributed by atoms with van der Waals surface area (Å²) in [5, 5.41) is 11.4. The maximum absolute atomic E-state index is 11.9. The van der Waals surface area contributed by atoms with Crippen LogP contribution in [0.25, 0.3) is 0 Å². The van der Waals surface area contributed by atoms with Crippen molar-refractivity contribution in [2.75, 3.05) is 57.0 Å². The van der Waals surface area contributed by atoms with Crippen LogP contribution in [-0.4, -0.2) is 82.0 Å². The van der Waals surface area contributed by atoms with Gasteiger partial charge < -0.3 is 25.2 Å². The highest BCUT2D eigenvalue weighted by Gasteiger charge is 2.20. The molecular weight excluding hydrogens is 488 g/mol. The number of nitrogens with one attached hydrogen (secondary N) is 2. The van der Waals surface area contributed by atoms with E-state index in [1.165, 1.54) is 0 Å². The molecule has 4 heterocycles. The molecule has 0 radical (unpaired) electrons. The number of nitrogens with zero attached hydrogens (tertiary/aromatic N) is 6. The quantitative estimate of drug-likeness (QED) is 0.507. The van der Waals surface area contributed by atoms with Crippen LogP contribution in [-0.2, 0) is 4.74 Å². The Bertz CT molecular complexity index is 944.